The van der Waals surface area contributed by atoms with Crippen LogP contribution in [-0.2, 0) is 13.1 Å². The number of hydrogen-bond donors (Lipinski definition) is 2. The number of para-hydroxylation sites is 1. The molecule has 1 heterocycles. The van der Waals surface area contributed by atoms with Crippen LogP contribution in [0.4, 0.5) is 14.5 Å². The molecular formula is C21H25F2IN4O. The lowest BCUT2D eigenvalue weighted by Crippen LogP contribution is -2.36. The van der Waals surface area contributed by atoms with E-state index in [1.54, 1.807) is 25.2 Å². The highest BCUT2D eigenvalue weighted by Crippen LogP contribution is 2.20. The van der Waals surface area contributed by atoms with Crippen LogP contribution in [0.2, 0.25) is 0 Å². The zero-order chi connectivity index (χ0) is 19.8. The van der Waals surface area contributed by atoms with Crippen LogP contribution >= 0.6 is 24.0 Å². The minimum Gasteiger partial charge on any atom is -0.434 e. The molecule has 0 amide bonds. The summed E-state index contributed by atoms with van der Waals surface area (Å²) in [6.45, 7) is -0.0662. The van der Waals surface area contributed by atoms with Gasteiger partial charge in [0.05, 0.1) is 0 Å². The fourth-order valence-corrected chi connectivity index (χ4v) is 3.00. The van der Waals surface area contributed by atoms with Crippen molar-refractivity contribution in [2.24, 2.45) is 4.99 Å². The van der Waals surface area contributed by atoms with E-state index in [0.29, 0.717) is 24.6 Å². The summed E-state index contributed by atoms with van der Waals surface area (Å²) in [7, 11) is 1.67. The van der Waals surface area contributed by atoms with Crippen molar-refractivity contribution in [2.45, 2.75) is 19.7 Å². The molecule has 0 unspecified atom stereocenters. The molecule has 2 aromatic rings. The predicted molar refractivity (Wildman–Crippen MR) is 123 cm³/mol. The number of hydrogen-bond acceptors (Lipinski definition) is 3. The Hall–Kier alpha value is -2.36. The Morgan fingerprint density at radius 2 is 1.79 bits per heavy atom. The number of alkyl halides is 2. The van der Waals surface area contributed by atoms with Crippen LogP contribution in [0.25, 0.3) is 0 Å². The molecule has 2 aromatic carbocycles. The molecule has 1 aliphatic rings. The van der Waals surface area contributed by atoms with Gasteiger partial charge in [-0.25, -0.2) is 0 Å². The SMILES string of the molecule is CN=C(NCc1cccc(N2CC=CC2)c1)NCc1ccccc1OC(F)F.I. The maximum absolute atomic E-state index is 12.5. The molecule has 0 saturated carbocycles. The Morgan fingerprint density at radius 3 is 2.52 bits per heavy atom. The molecule has 0 atom stereocenters. The van der Waals surface area contributed by atoms with Crippen LogP contribution in [0.3, 0.4) is 0 Å². The Labute approximate surface area is 186 Å². The van der Waals surface area contributed by atoms with Gasteiger partial charge in [0.2, 0.25) is 0 Å². The highest BCUT2D eigenvalue weighted by molar-refractivity contribution is 14.0. The standard InChI is InChI=1S/C21H24F2N4O.HI/c1-24-21(26-15-17-8-2-3-10-19(17)28-20(22)23)25-14-16-7-6-9-18(13-16)27-11-4-5-12-27;/h2-10,13,20H,11-12,14-15H2,1H3,(H2,24,25,26);1H. The molecule has 2 N–H and O–H groups in total. The number of benzene rings is 2. The molecule has 1 aliphatic heterocycles. The normalized spacial score (nSPS) is 13.4. The first-order valence-electron chi connectivity index (χ1n) is 9.12. The fraction of sp³-hybridized carbons (Fsp3) is 0.286. The molecule has 29 heavy (non-hydrogen) atoms. The van der Waals surface area contributed by atoms with Crippen LogP contribution < -0.4 is 20.3 Å². The number of anilines is 1. The number of aliphatic imine (C=N–C) groups is 1. The van der Waals surface area contributed by atoms with Crippen LogP contribution in [0.1, 0.15) is 11.1 Å². The lowest BCUT2D eigenvalue weighted by Gasteiger charge is -2.19. The molecule has 5 nitrogen and oxygen atoms in total. The van der Waals surface area contributed by atoms with Crippen molar-refractivity contribution >= 4 is 35.6 Å². The van der Waals surface area contributed by atoms with Gasteiger partial charge in [0.15, 0.2) is 5.96 Å². The summed E-state index contributed by atoms with van der Waals surface area (Å²) in [4.78, 5) is 6.48. The minimum absolute atomic E-state index is 0. The Balaban J connectivity index is 0.00000300. The number of nitrogens with one attached hydrogen (secondary N) is 2. The fourth-order valence-electron chi connectivity index (χ4n) is 3.00. The van der Waals surface area contributed by atoms with Gasteiger partial charge in [-0.2, -0.15) is 8.78 Å². The third-order valence-corrected chi connectivity index (χ3v) is 4.41. The molecule has 0 saturated heterocycles. The smallest absolute Gasteiger partial charge is 0.387 e. The van der Waals surface area contributed by atoms with Gasteiger partial charge in [-0.05, 0) is 23.8 Å². The van der Waals surface area contributed by atoms with Crippen molar-refractivity contribution in [3.63, 3.8) is 0 Å². The van der Waals surface area contributed by atoms with E-state index in [9.17, 15) is 8.78 Å². The predicted octanol–water partition coefficient (Wildman–Crippen LogP) is 4.15. The highest BCUT2D eigenvalue weighted by Gasteiger charge is 2.10. The first kappa shape index (κ1) is 22.9. The second-order valence-corrected chi connectivity index (χ2v) is 6.31. The van der Waals surface area contributed by atoms with Gasteiger partial charge in [-0.1, -0.05) is 42.5 Å². The lowest BCUT2D eigenvalue weighted by atomic mass is 10.2. The summed E-state index contributed by atoms with van der Waals surface area (Å²) in [5, 5.41) is 6.38. The molecule has 3 rings (SSSR count). The molecule has 0 fully saturated rings. The second-order valence-electron chi connectivity index (χ2n) is 6.31. The molecule has 0 aromatic heterocycles. The van der Waals surface area contributed by atoms with E-state index < -0.39 is 6.61 Å². The van der Waals surface area contributed by atoms with E-state index in [4.69, 9.17) is 0 Å². The molecule has 0 bridgehead atoms. The summed E-state index contributed by atoms with van der Waals surface area (Å²) < 4.78 is 29.6. The van der Waals surface area contributed by atoms with Crippen LogP contribution in [0.5, 0.6) is 5.75 Å². The molecule has 0 spiro atoms. The van der Waals surface area contributed by atoms with Gasteiger partial charge in [0.1, 0.15) is 5.75 Å². The van der Waals surface area contributed by atoms with E-state index >= 15 is 0 Å². The van der Waals surface area contributed by atoms with Gasteiger partial charge in [-0.15, -0.1) is 24.0 Å². The highest BCUT2D eigenvalue weighted by atomic mass is 127. The van der Waals surface area contributed by atoms with Crippen LogP contribution in [0.15, 0.2) is 65.7 Å². The minimum atomic E-state index is -2.85. The average molecular weight is 514 g/mol. The summed E-state index contributed by atoms with van der Waals surface area (Å²) in [5.74, 6) is 0.743. The monoisotopic (exact) mass is 514 g/mol. The van der Waals surface area contributed by atoms with Crippen molar-refractivity contribution in [2.75, 3.05) is 25.0 Å². The number of nitrogens with zero attached hydrogens (tertiary/aromatic N) is 2. The van der Waals surface area contributed by atoms with Crippen molar-refractivity contribution in [1.82, 2.24) is 10.6 Å². The van der Waals surface area contributed by atoms with E-state index in [1.807, 2.05) is 6.07 Å². The Bertz CT molecular complexity index is 837. The van der Waals surface area contributed by atoms with Gasteiger partial charge < -0.3 is 20.3 Å². The molecular weight excluding hydrogens is 489 g/mol. The first-order chi connectivity index (χ1) is 13.7. The van der Waals surface area contributed by atoms with Crippen molar-refractivity contribution in [3.05, 3.63) is 71.8 Å². The number of rotatable bonds is 7. The summed E-state index contributed by atoms with van der Waals surface area (Å²) in [6.07, 6.45) is 4.32. The quantitative estimate of drug-likeness (QED) is 0.253. The Morgan fingerprint density at radius 1 is 1.07 bits per heavy atom. The van der Waals surface area contributed by atoms with Crippen LogP contribution in [0, 0.1) is 0 Å². The van der Waals surface area contributed by atoms with Gasteiger partial charge in [0.25, 0.3) is 0 Å². The van der Waals surface area contributed by atoms with Crippen molar-refractivity contribution in [3.8, 4) is 5.75 Å². The second kappa shape index (κ2) is 11.6. The van der Waals surface area contributed by atoms with Gasteiger partial charge >= 0.3 is 6.61 Å². The van der Waals surface area contributed by atoms with E-state index in [2.05, 4.69) is 55.6 Å². The van der Waals surface area contributed by atoms with Gasteiger partial charge in [-0.3, -0.25) is 4.99 Å². The van der Waals surface area contributed by atoms with Crippen LogP contribution in [-0.4, -0.2) is 32.7 Å². The largest absolute Gasteiger partial charge is 0.434 e. The lowest BCUT2D eigenvalue weighted by molar-refractivity contribution is -0.0504. The van der Waals surface area contributed by atoms with Gasteiger partial charge in [0, 0.05) is 44.5 Å². The maximum Gasteiger partial charge on any atom is 0.387 e. The number of ether oxygens (including phenoxy) is 1. The third-order valence-electron chi connectivity index (χ3n) is 4.41. The summed E-state index contributed by atoms with van der Waals surface area (Å²) >= 11 is 0. The zero-order valence-corrected chi connectivity index (χ0v) is 18.5. The molecule has 0 aliphatic carbocycles. The summed E-state index contributed by atoms with van der Waals surface area (Å²) in [5.41, 5.74) is 2.95. The van der Waals surface area contributed by atoms with Crippen molar-refractivity contribution < 1.29 is 13.5 Å². The number of guanidine groups is 1. The topological polar surface area (TPSA) is 48.9 Å². The third kappa shape index (κ3) is 6.88. The van der Waals surface area contributed by atoms with E-state index in [-0.39, 0.29) is 29.7 Å². The molecule has 0 radical (unpaired) electrons. The maximum atomic E-state index is 12.5. The van der Waals surface area contributed by atoms with E-state index in [0.717, 1.165) is 18.7 Å². The summed E-state index contributed by atoms with van der Waals surface area (Å²) in [6, 6.07) is 15.1. The van der Waals surface area contributed by atoms with E-state index in [1.165, 1.54) is 11.8 Å². The molecule has 156 valence electrons. The average Bonchev–Trinajstić information content (AvgIpc) is 3.24. The first-order valence-corrected chi connectivity index (χ1v) is 9.12. The molecule has 8 heteroatoms. The van der Waals surface area contributed by atoms with Crippen molar-refractivity contribution in [1.29, 1.82) is 0 Å². The Kier molecular flexibility index (Phi) is 9.17. The number of halogens is 3. The zero-order valence-electron chi connectivity index (χ0n) is 16.1.